The Morgan fingerprint density at radius 2 is 2.17 bits per heavy atom. The standard InChI is InChI=1S/C9H13FN2/c10-8-3-1-2-7(6-8)9(12)4-5-11/h1-3,6,9H,4-5,11-12H2/t9-/m0/s1. The van der Waals surface area contributed by atoms with E-state index in [0.717, 1.165) is 5.56 Å². The Balaban J connectivity index is 2.73. The maximum Gasteiger partial charge on any atom is 0.123 e. The molecule has 0 saturated heterocycles. The molecule has 0 spiro atoms. The topological polar surface area (TPSA) is 52.0 Å². The van der Waals surface area contributed by atoms with Gasteiger partial charge in [-0.25, -0.2) is 4.39 Å². The lowest BCUT2D eigenvalue weighted by atomic mass is 10.1. The molecular formula is C9H13FN2. The molecule has 12 heavy (non-hydrogen) atoms. The predicted molar refractivity (Wildman–Crippen MR) is 47.0 cm³/mol. The van der Waals surface area contributed by atoms with E-state index in [4.69, 9.17) is 11.5 Å². The summed E-state index contributed by atoms with van der Waals surface area (Å²) in [6.07, 6.45) is 0.684. The van der Waals surface area contributed by atoms with Crippen molar-refractivity contribution in [2.24, 2.45) is 11.5 Å². The summed E-state index contributed by atoms with van der Waals surface area (Å²) in [5, 5.41) is 0. The van der Waals surface area contributed by atoms with Crippen LogP contribution in [-0.4, -0.2) is 6.54 Å². The van der Waals surface area contributed by atoms with Gasteiger partial charge in [-0.1, -0.05) is 12.1 Å². The largest absolute Gasteiger partial charge is 0.330 e. The normalized spacial score (nSPS) is 12.9. The van der Waals surface area contributed by atoms with E-state index in [-0.39, 0.29) is 11.9 Å². The number of halogens is 1. The summed E-state index contributed by atoms with van der Waals surface area (Å²) in [6, 6.07) is 6.16. The van der Waals surface area contributed by atoms with Crippen LogP contribution in [0, 0.1) is 5.82 Å². The van der Waals surface area contributed by atoms with Crippen LogP contribution in [0.25, 0.3) is 0 Å². The second kappa shape index (κ2) is 4.18. The smallest absolute Gasteiger partial charge is 0.123 e. The van der Waals surface area contributed by atoms with Crippen LogP contribution in [0.4, 0.5) is 4.39 Å². The van der Waals surface area contributed by atoms with Crippen LogP contribution in [0.1, 0.15) is 18.0 Å². The van der Waals surface area contributed by atoms with Crippen molar-refractivity contribution in [2.45, 2.75) is 12.5 Å². The van der Waals surface area contributed by atoms with Crippen molar-refractivity contribution in [1.82, 2.24) is 0 Å². The fraction of sp³-hybridized carbons (Fsp3) is 0.333. The number of benzene rings is 1. The first kappa shape index (κ1) is 9.16. The minimum Gasteiger partial charge on any atom is -0.330 e. The summed E-state index contributed by atoms with van der Waals surface area (Å²) in [5.41, 5.74) is 11.9. The van der Waals surface area contributed by atoms with Crippen molar-refractivity contribution >= 4 is 0 Å². The van der Waals surface area contributed by atoms with E-state index in [9.17, 15) is 4.39 Å². The van der Waals surface area contributed by atoms with Crippen LogP contribution in [0.5, 0.6) is 0 Å². The highest BCUT2D eigenvalue weighted by atomic mass is 19.1. The first-order chi connectivity index (χ1) is 5.74. The molecule has 3 heteroatoms. The molecule has 1 atom stereocenters. The molecule has 0 amide bonds. The highest BCUT2D eigenvalue weighted by molar-refractivity contribution is 5.19. The monoisotopic (exact) mass is 168 g/mol. The van der Waals surface area contributed by atoms with Crippen LogP contribution in [-0.2, 0) is 0 Å². The Morgan fingerprint density at radius 3 is 2.75 bits per heavy atom. The summed E-state index contributed by atoms with van der Waals surface area (Å²) in [6.45, 7) is 0.525. The minimum absolute atomic E-state index is 0.148. The zero-order valence-electron chi connectivity index (χ0n) is 6.83. The van der Waals surface area contributed by atoms with Gasteiger partial charge in [0.05, 0.1) is 0 Å². The molecule has 0 aliphatic carbocycles. The van der Waals surface area contributed by atoms with Gasteiger partial charge in [0.1, 0.15) is 5.82 Å². The molecule has 1 rings (SSSR count). The Labute approximate surface area is 71.4 Å². The lowest BCUT2D eigenvalue weighted by Gasteiger charge is -2.09. The molecule has 0 bridgehead atoms. The number of rotatable bonds is 3. The highest BCUT2D eigenvalue weighted by Gasteiger charge is 2.04. The van der Waals surface area contributed by atoms with Crippen LogP contribution < -0.4 is 11.5 Å². The van der Waals surface area contributed by atoms with Crippen molar-refractivity contribution in [2.75, 3.05) is 6.54 Å². The van der Waals surface area contributed by atoms with Crippen molar-refractivity contribution in [3.63, 3.8) is 0 Å². The van der Waals surface area contributed by atoms with E-state index in [0.29, 0.717) is 13.0 Å². The molecule has 66 valence electrons. The van der Waals surface area contributed by atoms with Crippen LogP contribution in [0.15, 0.2) is 24.3 Å². The molecule has 0 aromatic heterocycles. The molecule has 0 radical (unpaired) electrons. The number of hydrogen-bond donors (Lipinski definition) is 2. The second-order valence-electron chi connectivity index (χ2n) is 2.74. The van der Waals surface area contributed by atoms with Gasteiger partial charge in [-0.05, 0) is 30.7 Å². The Bertz CT molecular complexity index is 250. The maximum atomic E-state index is 12.7. The minimum atomic E-state index is -0.250. The zero-order valence-corrected chi connectivity index (χ0v) is 6.83. The summed E-state index contributed by atoms with van der Waals surface area (Å²) in [4.78, 5) is 0. The van der Waals surface area contributed by atoms with Crippen molar-refractivity contribution < 1.29 is 4.39 Å². The summed E-state index contributed by atoms with van der Waals surface area (Å²) < 4.78 is 12.7. The lowest BCUT2D eigenvalue weighted by Crippen LogP contribution is -2.15. The molecule has 0 aliphatic heterocycles. The van der Waals surface area contributed by atoms with Crippen LogP contribution in [0.3, 0.4) is 0 Å². The van der Waals surface area contributed by atoms with Crippen molar-refractivity contribution in [1.29, 1.82) is 0 Å². The van der Waals surface area contributed by atoms with Crippen molar-refractivity contribution in [3.05, 3.63) is 35.6 Å². The van der Waals surface area contributed by atoms with E-state index < -0.39 is 0 Å². The molecule has 0 heterocycles. The lowest BCUT2D eigenvalue weighted by molar-refractivity contribution is 0.611. The van der Waals surface area contributed by atoms with E-state index in [1.807, 2.05) is 6.07 Å². The molecular weight excluding hydrogens is 155 g/mol. The summed E-state index contributed by atoms with van der Waals surface area (Å²) >= 11 is 0. The average Bonchev–Trinajstić information content (AvgIpc) is 2.05. The molecule has 1 aromatic rings. The quantitative estimate of drug-likeness (QED) is 0.712. The van der Waals surface area contributed by atoms with Gasteiger partial charge in [0, 0.05) is 6.04 Å². The van der Waals surface area contributed by atoms with Gasteiger partial charge in [0.2, 0.25) is 0 Å². The van der Waals surface area contributed by atoms with Gasteiger partial charge >= 0.3 is 0 Å². The fourth-order valence-electron chi connectivity index (χ4n) is 1.08. The first-order valence-corrected chi connectivity index (χ1v) is 3.95. The molecule has 0 unspecified atom stereocenters. The molecule has 0 fully saturated rings. The predicted octanol–water partition coefficient (Wildman–Crippen LogP) is 1.17. The van der Waals surface area contributed by atoms with Crippen molar-refractivity contribution in [3.8, 4) is 0 Å². The molecule has 0 saturated carbocycles. The van der Waals surface area contributed by atoms with Gasteiger partial charge in [-0.15, -0.1) is 0 Å². The van der Waals surface area contributed by atoms with Crippen LogP contribution >= 0.6 is 0 Å². The van der Waals surface area contributed by atoms with Gasteiger partial charge in [-0.3, -0.25) is 0 Å². The third kappa shape index (κ3) is 2.29. The summed E-state index contributed by atoms with van der Waals surface area (Å²) in [5.74, 6) is -0.250. The number of hydrogen-bond acceptors (Lipinski definition) is 2. The highest BCUT2D eigenvalue weighted by Crippen LogP contribution is 2.13. The first-order valence-electron chi connectivity index (χ1n) is 3.95. The molecule has 4 N–H and O–H groups in total. The van der Waals surface area contributed by atoms with E-state index in [1.165, 1.54) is 12.1 Å². The van der Waals surface area contributed by atoms with Gasteiger partial charge < -0.3 is 11.5 Å². The molecule has 1 aromatic carbocycles. The second-order valence-corrected chi connectivity index (χ2v) is 2.74. The Morgan fingerprint density at radius 1 is 1.42 bits per heavy atom. The fourth-order valence-corrected chi connectivity index (χ4v) is 1.08. The summed E-state index contributed by atoms with van der Waals surface area (Å²) in [7, 11) is 0. The molecule has 2 nitrogen and oxygen atoms in total. The Hall–Kier alpha value is -0.930. The third-order valence-electron chi connectivity index (χ3n) is 1.75. The van der Waals surface area contributed by atoms with E-state index in [2.05, 4.69) is 0 Å². The van der Waals surface area contributed by atoms with Gasteiger partial charge in [0.25, 0.3) is 0 Å². The van der Waals surface area contributed by atoms with Crippen LogP contribution in [0.2, 0.25) is 0 Å². The van der Waals surface area contributed by atoms with Gasteiger partial charge in [0.15, 0.2) is 0 Å². The van der Waals surface area contributed by atoms with E-state index in [1.54, 1.807) is 6.07 Å². The third-order valence-corrected chi connectivity index (χ3v) is 1.75. The molecule has 0 aliphatic rings. The Kier molecular flexibility index (Phi) is 3.19. The SMILES string of the molecule is NCC[C@H](N)c1cccc(F)c1. The zero-order chi connectivity index (χ0) is 8.97. The maximum absolute atomic E-state index is 12.7. The number of nitrogens with two attached hydrogens (primary N) is 2. The van der Waals surface area contributed by atoms with E-state index >= 15 is 0 Å². The van der Waals surface area contributed by atoms with Gasteiger partial charge in [-0.2, -0.15) is 0 Å². The average molecular weight is 168 g/mol.